The zero-order valence-corrected chi connectivity index (χ0v) is 8.38. The molecule has 0 atom stereocenters. The molecule has 3 N–H and O–H groups in total. The van der Waals surface area contributed by atoms with Gasteiger partial charge in [0.25, 0.3) is 0 Å². The number of rotatable bonds is 1. The van der Waals surface area contributed by atoms with Crippen LogP contribution in [0.2, 0.25) is 0 Å². The highest BCUT2D eigenvalue weighted by Crippen LogP contribution is 2.20. The molecule has 0 saturated carbocycles. The van der Waals surface area contributed by atoms with Gasteiger partial charge in [0.05, 0.1) is 22.9 Å². The fraction of sp³-hybridized carbons (Fsp3) is 0. The second-order valence-corrected chi connectivity index (χ2v) is 3.49. The van der Waals surface area contributed by atoms with E-state index in [1.165, 1.54) is 0 Å². The minimum absolute atomic E-state index is 0.621. The van der Waals surface area contributed by atoms with E-state index in [1.807, 2.05) is 12.1 Å². The van der Waals surface area contributed by atoms with Gasteiger partial charge in [-0.3, -0.25) is 9.97 Å². The number of hydrogen-bond donors (Lipinski definition) is 2. The zero-order chi connectivity index (χ0) is 11.0. The van der Waals surface area contributed by atoms with Crippen LogP contribution in [0.15, 0.2) is 36.9 Å². The molecule has 0 unspecified atom stereocenters. The van der Waals surface area contributed by atoms with E-state index in [9.17, 15) is 0 Å². The predicted molar refractivity (Wildman–Crippen MR) is 61.5 cm³/mol. The van der Waals surface area contributed by atoms with Gasteiger partial charge in [-0.25, -0.2) is 4.98 Å². The fourth-order valence-electron chi connectivity index (χ4n) is 1.58. The van der Waals surface area contributed by atoms with E-state index < -0.39 is 0 Å². The first-order chi connectivity index (χ1) is 7.83. The van der Waals surface area contributed by atoms with Gasteiger partial charge in [-0.1, -0.05) is 0 Å². The van der Waals surface area contributed by atoms with E-state index >= 15 is 0 Å². The Hall–Kier alpha value is -2.43. The van der Waals surface area contributed by atoms with E-state index in [4.69, 9.17) is 5.73 Å². The van der Waals surface area contributed by atoms with Crippen LogP contribution in [0, 0.1) is 0 Å². The maximum absolute atomic E-state index is 5.67. The summed E-state index contributed by atoms with van der Waals surface area (Å²) < 4.78 is 0. The molecule has 3 aromatic rings. The number of imidazole rings is 1. The van der Waals surface area contributed by atoms with Gasteiger partial charge in [-0.15, -0.1) is 0 Å². The quantitative estimate of drug-likeness (QED) is 0.640. The van der Waals surface area contributed by atoms with Crippen molar-refractivity contribution in [3.8, 4) is 11.4 Å². The minimum atomic E-state index is 0.621. The van der Waals surface area contributed by atoms with Gasteiger partial charge in [0.2, 0.25) is 0 Å². The summed E-state index contributed by atoms with van der Waals surface area (Å²) in [6.07, 6.45) is 6.78. The molecule has 3 rings (SSSR count). The van der Waals surface area contributed by atoms with Crippen molar-refractivity contribution in [3.63, 3.8) is 0 Å². The number of anilines is 1. The van der Waals surface area contributed by atoms with Crippen molar-refractivity contribution < 1.29 is 0 Å². The summed E-state index contributed by atoms with van der Waals surface area (Å²) in [6.45, 7) is 0. The number of pyridine rings is 2. The molecule has 0 spiro atoms. The summed E-state index contributed by atoms with van der Waals surface area (Å²) >= 11 is 0. The number of hydrogen-bond acceptors (Lipinski definition) is 4. The molecule has 0 saturated heterocycles. The minimum Gasteiger partial charge on any atom is -0.397 e. The second-order valence-electron chi connectivity index (χ2n) is 3.49. The van der Waals surface area contributed by atoms with Crippen molar-refractivity contribution in [2.45, 2.75) is 0 Å². The smallest absolute Gasteiger partial charge is 0.140 e. The molecule has 0 radical (unpaired) electrons. The van der Waals surface area contributed by atoms with E-state index in [-0.39, 0.29) is 0 Å². The number of nitrogens with zero attached hydrogens (tertiary/aromatic N) is 3. The maximum Gasteiger partial charge on any atom is 0.140 e. The van der Waals surface area contributed by atoms with Crippen molar-refractivity contribution >= 4 is 16.7 Å². The molecule has 0 bridgehead atoms. The Bertz CT molecular complexity index is 610. The third-order valence-electron chi connectivity index (χ3n) is 2.32. The van der Waals surface area contributed by atoms with Gasteiger partial charge < -0.3 is 10.7 Å². The lowest BCUT2D eigenvalue weighted by atomic mass is 10.2. The van der Waals surface area contributed by atoms with E-state index in [2.05, 4.69) is 19.9 Å². The molecule has 3 heterocycles. The molecule has 5 heteroatoms. The van der Waals surface area contributed by atoms with Crippen molar-refractivity contribution in [2.75, 3.05) is 5.73 Å². The van der Waals surface area contributed by atoms with Crippen LogP contribution in [-0.2, 0) is 0 Å². The Morgan fingerprint density at radius 3 is 2.88 bits per heavy atom. The van der Waals surface area contributed by atoms with Gasteiger partial charge in [0, 0.05) is 24.2 Å². The summed E-state index contributed by atoms with van der Waals surface area (Å²) in [5.74, 6) is 0.753. The van der Waals surface area contributed by atoms with Crippen molar-refractivity contribution in [2.24, 2.45) is 0 Å². The highest BCUT2D eigenvalue weighted by Gasteiger charge is 2.05. The largest absolute Gasteiger partial charge is 0.397 e. The number of aromatic nitrogens is 4. The van der Waals surface area contributed by atoms with Crippen LogP contribution in [-0.4, -0.2) is 19.9 Å². The normalized spacial score (nSPS) is 10.8. The molecule has 0 fully saturated rings. The van der Waals surface area contributed by atoms with Gasteiger partial charge in [-0.2, -0.15) is 0 Å². The molecule has 0 aliphatic carbocycles. The first-order valence-electron chi connectivity index (χ1n) is 4.83. The van der Waals surface area contributed by atoms with Gasteiger partial charge in [0.1, 0.15) is 5.82 Å². The number of aromatic amines is 1. The highest BCUT2D eigenvalue weighted by molar-refractivity contribution is 5.78. The van der Waals surface area contributed by atoms with Crippen LogP contribution < -0.4 is 5.73 Å². The molecule has 0 aliphatic rings. The van der Waals surface area contributed by atoms with Gasteiger partial charge in [0.15, 0.2) is 0 Å². The number of nitrogen functional groups attached to an aromatic ring is 1. The fourth-order valence-corrected chi connectivity index (χ4v) is 1.58. The molecule has 3 aromatic heterocycles. The Balaban J connectivity index is 2.19. The molecule has 78 valence electrons. The van der Waals surface area contributed by atoms with Crippen LogP contribution in [0.4, 0.5) is 5.69 Å². The van der Waals surface area contributed by atoms with Crippen LogP contribution >= 0.6 is 0 Å². The number of fused-ring (bicyclic) bond motifs is 1. The van der Waals surface area contributed by atoms with Crippen LogP contribution in [0.3, 0.4) is 0 Å². The number of nitrogens with two attached hydrogens (primary N) is 1. The second kappa shape index (κ2) is 3.30. The third-order valence-corrected chi connectivity index (χ3v) is 2.32. The van der Waals surface area contributed by atoms with Gasteiger partial charge >= 0.3 is 0 Å². The Morgan fingerprint density at radius 2 is 2.06 bits per heavy atom. The molecule has 0 amide bonds. The number of H-pyrrole nitrogens is 1. The van der Waals surface area contributed by atoms with Crippen molar-refractivity contribution in [3.05, 3.63) is 36.9 Å². The average molecular weight is 211 g/mol. The molecule has 0 aromatic carbocycles. The maximum atomic E-state index is 5.67. The number of nitrogens with one attached hydrogen (secondary N) is 1. The first-order valence-corrected chi connectivity index (χ1v) is 4.83. The summed E-state index contributed by atoms with van der Waals surface area (Å²) in [7, 11) is 0. The van der Waals surface area contributed by atoms with Crippen LogP contribution in [0.5, 0.6) is 0 Å². The van der Waals surface area contributed by atoms with Crippen LogP contribution in [0.1, 0.15) is 0 Å². The Morgan fingerprint density at radius 1 is 1.12 bits per heavy atom. The molecule has 5 nitrogen and oxygen atoms in total. The van der Waals surface area contributed by atoms with Gasteiger partial charge in [-0.05, 0) is 12.1 Å². The molecular weight excluding hydrogens is 202 g/mol. The first kappa shape index (κ1) is 8.84. The monoisotopic (exact) mass is 211 g/mol. The summed E-state index contributed by atoms with van der Waals surface area (Å²) in [6, 6.07) is 3.69. The molecule has 0 aliphatic heterocycles. The third kappa shape index (κ3) is 1.38. The lowest BCUT2D eigenvalue weighted by Gasteiger charge is -1.96. The van der Waals surface area contributed by atoms with Crippen molar-refractivity contribution in [1.29, 1.82) is 0 Å². The highest BCUT2D eigenvalue weighted by atomic mass is 14.9. The SMILES string of the molecule is Nc1cncc(-c2nc3ccncc3[nH]2)c1. The summed E-state index contributed by atoms with van der Waals surface area (Å²) in [5.41, 5.74) is 8.95. The standard InChI is InChI=1S/C11H9N5/c12-8-3-7(4-14-5-8)11-15-9-1-2-13-6-10(9)16-11/h1-6H,12H2,(H,15,16). The van der Waals surface area contributed by atoms with Crippen LogP contribution in [0.25, 0.3) is 22.4 Å². The molecule has 16 heavy (non-hydrogen) atoms. The Labute approximate surface area is 91.4 Å². The van der Waals surface area contributed by atoms with E-state index in [0.717, 1.165) is 22.4 Å². The lowest BCUT2D eigenvalue weighted by molar-refractivity contribution is 1.27. The topological polar surface area (TPSA) is 80.5 Å². The molecular formula is C11H9N5. The summed E-state index contributed by atoms with van der Waals surface area (Å²) in [5, 5.41) is 0. The average Bonchev–Trinajstić information content (AvgIpc) is 2.72. The zero-order valence-electron chi connectivity index (χ0n) is 8.38. The van der Waals surface area contributed by atoms with E-state index in [0.29, 0.717) is 5.69 Å². The lowest BCUT2D eigenvalue weighted by Crippen LogP contribution is -1.88. The predicted octanol–water partition coefficient (Wildman–Crippen LogP) is 1.60. The Kier molecular flexibility index (Phi) is 1.83. The van der Waals surface area contributed by atoms with Crippen molar-refractivity contribution in [1.82, 2.24) is 19.9 Å². The van der Waals surface area contributed by atoms with E-state index in [1.54, 1.807) is 24.8 Å². The summed E-state index contributed by atoms with van der Waals surface area (Å²) in [4.78, 5) is 15.7.